The zero-order valence-electron chi connectivity index (χ0n) is 13.4. The van der Waals surface area contributed by atoms with Gasteiger partial charge in [0, 0.05) is 10.4 Å². The topological polar surface area (TPSA) is 29.5 Å². The molecule has 2 aromatic carbocycles. The van der Waals surface area contributed by atoms with Crippen molar-refractivity contribution in [2.45, 2.75) is 23.7 Å². The lowest BCUT2D eigenvalue weighted by Gasteiger charge is -2.28. The molecule has 3 nitrogen and oxygen atoms in total. The molecule has 1 fully saturated rings. The zero-order valence-corrected chi connectivity index (χ0v) is 16.5. The molecule has 1 aliphatic heterocycles. The van der Waals surface area contributed by atoms with Crippen molar-refractivity contribution in [2.75, 3.05) is 13.3 Å². The first kappa shape index (κ1) is 17.6. The highest BCUT2D eigenvalue weighted by Gasteiger charge is 2.36. The standard InChI is InChI=1S/C19H19Br2NO2/c1-13(14-7-9-16(20)10-8-14)18(21)19(23)22-12-24-11-17(22)15-5-3-2-4-6-15/h2-10,13,17-18H,11-12H2,1H3/t13-,17-,18+/m0/s1. The maximum atomic E-state index is 13.0. The van der Waals surface area contributed by atoms with Gasteiger partial charge in [-0.15, -0.1) is 0 Å². The van der Waals surface area contributed by atoms with E-state index in [1.54, 1.807) is 0 Å². The van der Waals surface area contributed by atoms with Crippen LogP contribution in [0.4, 0.5) is 0 Å². The SMILES string of the molecule is C[C@@H](c1ccc(Br)cc1)[C@@H](Br)C(=O)N1COC[C@H]1c1ccccc1. The highest BCUT2D eigenvalue weighted by molar-refractivity contribution is 9.10. The van der Waals surface area contributed by atoms with Crippen LogP contribution in [0, 0.1) is 0 Å². The molecule has 1 amide bonds. The molecule has 5 heteroatoms. The number of rotatable bonds is 4. The predicted molar refractivity (Wildman–Crippen MR) is 102 cm³/mol. The summed E-state index contributed by atoms with van der Waals surface area (Å²) in [6.45, 7) is 2.95. The molecular formula is C19H19Br2NO2. The van der Waals surface area contributed by atoms with E-state index in [1.807, 2.05) is 59.5 Å². The van der Waals surface area contributed by atoms with Crippen LogP contribution in [0.1, 0.15) is 30.0 Å². The molecule has 0 spiro atoms. The minimum Gasteiger partial charge on any atom is -0.359 e. The minimum atomic E-state index is -0.286. The number of hydrogen-bond donors (Lipinski definition) is 0. The monoisotopic (exact) mass is 451 g/mol. The molecule has 126 valence electrons. The molecule has 3 atom stereocenters. The molecule has 2 aromatic rings. The Morgan fingerprint density at radius 3 is 2.50 bits per heavy atom. The van der Waals surface area contributed by atoms with Crippen LogP contribution in [0.3, 0.4) is 0 Å². The van der Waals surface area contributed by atoms with Gasteiger partial charge in [-0.3, -0.25) is 4.79 Å². The smallest absolute Gasteiger partial charge is 0.239 e. The lowest BCUT2D eigenvalue weighted by Crippen LogP contribution is -2.38. The number of hydrogen-bond acceptors (Lipinski definition) is 2. The highest BCUT2D eigenvalue weighted by Crippen LogP contribution is 2.32. The van der Waals surface area contributed by atoms with Crippen molar-refractivity contribution in [3.05, 3.63) is 70.2 Å². The number of carbonyl (C=O) groups excluding carboxylic acids is 1. The average molecular weight is 453 g/mol. The maximum absolute atomic E-state index is 13.0. The normalized spacial score (nSPS) is 20.0. The number of alkyl halides is 1. The number of ether oxygens (including phenoxy) is 1. The van der Waals surface area contributed by atoms with Crippen molar-refractivity contribution in [3.63, 3.8) is 0 Å². The molecule has 24 heavy (non-hydrogen) atoms. The van der Waals surface area contributed by atoms with Crippen molar-refractivity contribution in [3.8, 4) is 0 Å². The van der Waals surface area contributed by atoms with Gasteiger partial charge < -0.3 is 9.64 Å². The van der Waals surface area contributed by atoms with Gasteiger partial charge >= 0.3 is 0 Å². The molecule has 0 N–H and O–H groups in total. The molecule has 0 aliphatic carbocycles. The van der Waals surface area contributed by atoms with Crippen molar-refractivity contribution < 1.29 is 9.53 Å². The van der Waals surface area contributed by atoms with Crippen molar-refractivity contribution in [2.24, 2.45) is 0 Å². The molecule has 0 aromatic heterocycles. The van der Waals surface area contributed by atoms with Crippen LogP contribution in [0.15, 0.2) is 59.1 Å². The molecule has 0 bridgehead atoms. The Labute approximate surface area is 159 Å². The third-order valence-electron chi connectivity index (χ3n) is 4.42. The fraction of sp³-hybridized carbons (Fsp3) is 0.316. The summed E-state index contributed by atoms with van der Waals surface area (Å²) in [6, 6.07) is 18.1. The van der Waals surface area contributed by atoms with Gasteiger partial charge in [0.05, 0.1) is 12.6 Å². The van der Waals surface area contributed by atoms with Gasteiger partial charge in [0.1, 0.15) is 11.6 Å². The van der Waals surface area contributed by atoms with Crippen molar-refractivity contribution in [1.29, 1.82) is 0 Å². The van der Waals surface area contributed by atoms with Crippen LogP contribution in [0.5, 0.6) is 0 Å². The Balaban J connectivity index is 1.76. The molecule has 0 radical (unpaired) electrons. The maximum Gasteiger partial charge on any atom is 0.239 e. The summed E-state index contributed by atoms with van der Waals surface area (Å²) in [5.74, 6) is 0.138. The summed E-state index contributed by atoms with van der Waals surface area (Å²) in [6.07, 6.45) is 0. The first-order chi connectivity index (χ1) is 11.6. The highest BCUT2D eigenvalue weighted by atomic mass is 79.9. The van der Waals surface area contributed by atoms with E-state index in [4.69, 9.17) is 4.74 Å². The van der Waals surface area contributed by atoms with E-state index >= 15 is 0 Å². The van der Waals surface area contributed by atoms with Gasteiger partial charge in [-0.05, 0) is 23.3 Å². The fourth-order valence-electron chi connectivity index (χ4n) is 2.92. The predicted octanol–water partition coefficient (Wildman–Crippen LogP) is 4.87. The summed E-state index contributed by atoms with van der Waals surface area (Å²) < 4.78 is 6.61. The summed E-state index contributed by atoms with van der Waals surface area (Å²) in [7, 11) is 0. The van der Waals surface area contributed by atoms with Crippen LogP contribution >= 0.6 is 31.9 Å². The molecular weight excluding hydrogens is 434 g/mol. The molecule has 1 aliphatic rings. The lowest BCUT2D eigenvalue weighted by molar-refractivity contribution is -0.132. The third-order valence-corrected chi connectivity index (χ3v) is 6.13. The first-order valence-electron chi connectivity index (χ1n) is 7.90. The molecule has 3 rings (SSSR count). The first-order valence-corrected chi connectivity index (χ1v) is 9.61. The van der Waals surface area contributed by atoms with E-state index in [1.165, 1.54) is 0 Å². The van der Waals surface area contributed by atoms with Gasteiger partial charge in [-0.2, -0.15) is 0 Å². The lowest BCUT2D eigenvalue weighted by atomic mass is 9.96. The number of benzene rings is 2. The largest absolute Gasteiger partial charge is 0.359 e. The van der Waals surface area contributed by atoms with E-state index in [0.29, 0.717) is 13.3 Å². The third kappa shape index (κ3) is 3.73. The second kappa shape index (κ2) is 7.81. The van der Waals surface area contributed by atoms with Crippen molar-refractivity contribution >= 4 is 37.8 Å². The van der Waals surface area contributed by atoms with E-state index < -0.39 is 0 Å². The van der Waals surface area contributed by atoms with Crippen LogP contribution in [0.2, 0.25) is 0 Å². The Morgan fingerprint density at radius 1 is 1.17 bits per heavy atom. The van der Waals surface area contributed by atoms with E-state index in [-0.39, 0.29) is 22.7 Å². The Morgan fingerprint density at radius 2 is 1.83 bits per heavy atom. The van der Waals surface area contributed by atoms with Crippen molar-refractivity contribution in [1.82, 2.24) is 4.90 Å². The molecule has 0 saturated carbocycles. The number of halogens is 2. The van der Waals surface area contributed by atoms with Gasteiger partial charge in [0.25, 0.3) is 0 Å². The Hall–Kier alpha value is -1.17. The van der Waals surface area contributed by atoms with Crippen LogP contribution < -0.4 is 0 Å². The number of carbonyl (C=O) groups is 1. The Kier molecular flexibility index (Phi) is 5.74. The van der Waals surface area contributed by atoms with E-state index in [9.17, 15) is 4.79 Å². The summed E-state index contributed by atoms with van der Waals surface area (Å²) in [4.78, 5) is 14.5. The van der Waals surface area contributed by atoms with Crippen LogP contribution in [-0.2, 0) is 9.53 Å². The summed E-state index contributed by atoms with van der Waals surface area (Å²) in [5, 5.41) is 0. The van der Waals surface area contributed by atoms with E-state index in [2.05, 4.69) is 38.8 Å². The number of nitrogens with zero attached hydrogens (tertiary/aromatic N) is 1. The quantitative estimate of drug-likeness (QED) is 0.619. The Bertz CT molecular complexity index is 690. The van der Waals surface area contributed by atoms with Crippen LogP contribution in [-0.4, -0.2) is 29.0 Å². The van der Waals surface area contributed by atoms with Crippen LogP contribution in [0.25, 0.3) is 0 Å². The van der Waals surface area contributed by atoms with Gasteiger partial charge in [-0.25, -0.2) is 0 Å². The minimum absolute atomic E-state index is 0.0177. The average Bonchev–Trinajstić information content (AvgIpc) is 3.11. The molecule has 0 unspecified atom stereocenters. The number of amides is 1. The second-order valence-electron chi connectivity index (χ2n) is 5.98. The summed E-state index contributed by atoms with van der Waals surface area (Å²) in [5.41, 5.74) is 2.24. The van der Waals surface area contributed by atoms with Gasteiger partial charge in [-0.1, -0.05) is 81.2 Å². The van der Waals surface area contributed by atoms with Gasteiger partial charge in [0.15, 0.2) is 0 Å². The molecule has 1 heterocycles. The fourth-order valence-corrected chi connectivity index (χ4v) is 3.75. The van der Waals surface area contributed by atoms with Gasteiger partial charge in [0.2, 0.25) is 5.91 Å². The molecule has 1 saturated heterocycles. The summed E-state index contributed by atoms with van der Waals surface area (Å²) >= 11 is 7.06. The second-order valence-corrected chi connectivity index (χ2v) is 7.88. The zero-order chi connectivity index (χ0) is 17.1. The van der Waals surface area contributed by atoms with E-state index in [0.717, 1.165) is 15.6 Å².